The van der Waals surface area contributed by atoms with Gasteiger partial charge in [-0.3, -0.25) is 4.90 Å². The van der Waals surface area contributed by atoms with E-state index in [0.717, 1.165) is 15.8 Å². The lowest BCUT2D eigenvalue weighted by Crippen LogP contribution is -2.16. The molecule has 2 rings (SSSR count). The number of carbonyl (C=O) groups is 1. The molecule has 0 aliphatic carbocycles. The zero-order chi connectivity index (χ0) is 14.0. The normalized spacial score (nSPS) is 11.2. The number of furan rings is 1. The Labute approximate surface area is 120 Å². The molecule has 2 aromatic heterocycles. The van der Waals surface area contributed by atoms with Crippen molar-refractivity contribution in [3.63, 3.8) is 0 Å². The molecule has 0 unspecified atom stereocenters. The average Bonchev–Trinajstić information content (AvgIpc) is 2.85. The summed E-state index contributed by atoms with van der Waals surface area (Å²) < 4.78 is 6.09. The van der Waals surface area contributed by atoms with Gasteiger partial charge in [0.15, 0.2) is 0 Å². The summed E-state index contributed by atoms with van der Waals surface area (Å²) in [4.78, 5) is 14.1. The standard InChI is InChI=1S/C13H14ClNO3S/c1-8-5-9(18-12(8)13(16)17)6-15(2)7-10-3-4-11(14)19-10/h3-5H,6-7H2,1-2H3,(H,16,17). The second-order valence-electron chi connectivity index (χ2n) is 4.41. The van der Waals surface area contributed by atoms with Gasteiger partial charge in [0.05, 0.1) is 10.9 Å². The van der Waals surface area contributed by atoms with E-state index in [1.54, 1.807) is 13.0 Å². The molecule has 19 heavy (non-hydrogen) atoms. The molecule has 0 amide bonds. The molecular formula is C13H14ClNO3S. The van der Waals surface area contributed by atoms with E-state index >= 15 is 0 Å². The van der Waals surface area contributed by atoms with E-state index in [1.807, 2.05) is 24.1 Å². The van der Waals surface area contributed by atoms with E-state index in [-0.39, 0.29) is 5.76 Å². The molecule has 2 heterocycles. The van der Waals surface area contributed by atoms with Gasteiger partial charge in [-0.25, -0.2) is 4.79 Å². The van der Waals surface area contributed by atoms with Gasteiger partial charge in [0.1, 0.15) is 5.76 Å². The third kappa shape index (κ3) is 3.59. The summed E-state index contributed by atoms with van der Waals surface area (Å²) in [7, 11) is 1.95. The van der Waals surface area contributed by atoms with Crippen molar-refractivity contribution in [3.05, 3.63) is 44.5 Å². The van der Waals surface area contributed by atoms with Crippen LogP contribution in [0.5, 0.6) is 0 Å². The number of carboxylic acid groups (broad SMARTS) is 1. The van der Waals surface area contributed by atoms with E-state index in [9.17, 15) is 4.79 Å². The first-order valence-electron chi connectivity index (χ1n) is 5.71. The highest BCUT2D eigenvalue weighted by molar-refractivity contribution is 7.16. The number of carboxylic acids is 1. The first-order valence-corrected chi connectivity index (χ1v) is 6.90. The number of hydrogen-bond acceptors (Lipinski definition) is 4. The summed E-state index contributed by atoms with van der Waals surface area (Å²) in [5, 5.41) is 8.93. The molecule has 2 aromatic rings. The second-order valence-corrected chi connectivity index (χ2v) is 6.21. The van der Waals surface area contributed by atoms with E-state index in [1.165, 1.54) is 11.3 Å². The van der Waals surface area contributed by atoms with Gasteiger partial charge in [-0.1, -0.05) is 11.6 Å². The van der Waals surface area contributed by atoms with Crippen LogP contribution in [0.3, 0.4) is 0 Å². The first kappa shape index (κ1) is 14.1. The highest BCUT2D eigenvalue weighted by atomic mass is 35.5. The molecular weight excluding hydrogens is 286 g/mol. The minimum absolute atomic E-state index is 0.0163. The van der Waals surface area contributed by atoms with Crippen LogP contribution in [0.4, 0.5) is 0 Å². The summed E-state index contributed by atoms with van der Waals surface area (Å²) in [6, 6.07) is 5.62. The van der Waals surface area contributed by atoms with Gasteiger partial charge in [0, 0.05) is 17.0 Å². The number of thiophene rings is 1. The van der Waals surface area contributed by atoms with Crippen LogP contribution in [0.15, 0.2) is 22.6 Å². The van der Waals surface area contributed by atoms with Crippen LogP contribution in [0.2, 0.25) is 4.34 Å². The monoisotopic (exact) mass is 299 g/mol. The zero-order valence-electron chi connectivity index (χ0n) is 10.6. The van der Waals surface area contributed by atoms with Crippen molar-refractivity contribution in [1.29, 1.82) is 0 Å². The Morgan fingerprint density at radius 2 is 2.21 bits per heavy atom. The summed E-state index contributed by atoms with van der Waals surface area (Å²) >= 11 is 7.42. The maximum Gasteiger partial charge on any atom is 0.372 e. The van der Waals surface area contributed by atoms with Gasteiger partial charge in [-0.2, -0.15) is 0 Å². The van der Waals surface area contributed by atoms with Crippen LogP contribution in [-0.4, -0.2) is 23.0 Å². The van der Waals surface area contributed by atoms with Crippen molar-refractivity contribution in [2.45, 2.75) is 20.0 Å². The number of aryl methyl sites for hydroxylation is 1. The lowest BCUT2D eigenvalue weighted by atomic mass is 10.2. The lowest BCUT2D eigenvalue weighted by Gasteiger charge is -2.13. The Balaban J connectivity index is 2.00. The van der Waals surface area contributed by atoms with Crippen LogP contribution in [0.1, 0.15) is 26.8 Å². The number of halogens is 1. The van der Waals surface area contributed by atoms with Crippen LogP contribution in [0.25, 0.3) is 0 Å². The predicted molar refractivity (Wildman–Crippen MR) is 74.9 cm³/mol. The van der Waals surface area contributed by atoms with Crippen molar-refractivity contribution in [3.8, 4) is 0 Å². The fraction of sp³-hybridized carbons (Fsp3) is 0.308. The topological polar surface area (TPSA) is 53.7 Å². The second kappa shape index (κ2) is 5.77. The summed E-state index contributed by atoms with van der Waals surface area (Å²) in [6.07, 6.45) is 0. The molecule has 0 spiro atoms. The van der Waals surface area contributed by atoms with Gasteiger partial charge < -0.3 is 9.52 Å². The van der Waals surface area contributed by atoms with Crippen molar-refractivity contribution in [2.24, 2.45) is 0 Å². The Morgan fingerprint density at radius 3 is 2.74 bits per heavy atom. The fourth-order valence-electron chi connectivity index (χ4n) is 1.86. The quantitative estimate of drug-likeness (QED) is 0.916. The number of aromatic carboxylic acids is 1. The number of rotatable bonds is 5. The Hall–Kier alpha value is -1.30. The van der Waals surface area contributed by atoms with Gasteiger partial charge in [0.25, 0.3) is 0 Å². The average molecular weight is 300 g/mol. The van der Waals surface area contributed by atoms with Crippen molar-refractivity contribution >= 4 is 28.9 Å². The highest BCUT2D eigenvalue weighted by Gasteiger charge is 2.15. The summed E-state index contributed by atoms with van der Waals surface area (Å²) in [5.41, 5.74) is 0.648. The highest BCUT2D eigenvalue weighted by Crippen LogP contribution is 2.23. The lowest BCUT2D eigenvalue weighted by molar-refractivity contribution is 0.0657. The molecule has 0 saturated carbocycles. The molecule has 1 N–H and O–H groups in total. The molecule has 4 nitrogen and oxygen atoms in total. The maximum atomic E-state index is 10.9. The molecule has 0 saturated heterocycles. The zero-order valence-corrected chi connectivity index (χ0v) is 12.2. The molecule has 0 aliphatic rings. The predicted octanol–water partition coefficient (Wildman–Crippen LogP) is 3.63. The summed E-state index contributed by atoms with van der Waals surface area (Å²) in [5.74, 6) is -0.362. The third-order valence-electron chi connectivity index (χ3n) is 2.64. The van der Waals surface area contributed by atoms with Gasteiger partial charge >= 0.3 is 5.97 Å². The van der Waals surface area contributed by atoms with Crippen LogP contribution in [-0.2, 0) is 13.1 Å². The van der Waals surface area contributed by atoms with Crippen LogP contribution >= 0.6 is 22.9 Å². The smallest absolute Gasteiger partial charge is 0.372 e. The molecule has 0 aromatic carbocycles. The molecule has 0 radical (unpaired) electrons. The first-order chi connectivity index (χ1) is 8.95. The molecule has 102 valence electrons. The number of hydrogen-bond donors (Lipinski definition) is 1. The molecule has 0 fully saturated rings. The van der Waals surface area contributed by atoms with Crippen LogP contribution in [0, 0.1) is 6.92 Å². The SMILES string of the molecule is Cc1cc(CN(C)Cc2ccc(Cl)s2)oc1C(=O)O. The fourth-order valence-corrected chi connectivity index (χ4v) is 3.03. The minimum Gasteiger partial charge on any atom is -0.475 e. The molecule has 0 aliphatic heterocycles. The largest absolute Gasteiger partial charge is 0.475 e. The van der Waals surface area contributed by atoms with Crippen molar-refractivity contribution in [1.82, 2.24) is 4.90 Å². The van der Waals surface area contributed by atoms with E-state index in [0.29, 0.717) is 17.9 Å². The minimum atomic E-state index is -1.03. The summed E-state index contributed by atoms with van der Waals surface area (Å²) in [6.45, 7) is 3.04. The Bertz CT molecular complexity index is 590. The van der Waals surface area contributed by atoms with Gasteiger partial charge in [-0.15, -0.1) is 11.3 Å². The maximum absolute atomic E-state index is 10.9. The molecule has 0 atom stereocenters. The van der Waals surface area contributed by atoms with E-state index < -0.39 is 5.97 Å². The van der Waals surface area contributed by atoms with Crippen molar-refractivity contribution < 1.29 is 14.3 Å². The Kier molecular flexibility index (Phi) is 4.29. The van der Waals surface area contributed by atoms with E-state index in [2.05, 4.69) is 0 Å². The third-order valence-corrected chi connectivity index (χ3v) is 3.86. The molecule has 0 bridgehead atoms. The van der Waals surface area contributed by atoms with Gasteiger partial charge in [0.2, 0.25) is 5.76 Å². The number of nitrogens with zero attached hydrogens (tertiary/aromatic N) is 1. The van der Waals surface area contributed by atoms with E-state index in [4.69, 9.17) is 21.1 Å². The van der Waals surface area contributed by atoms with Crippen LogP contribution < -0.4 is 0 Å². The molecule has 6 heteroatoms. The van der Waals surface area contributed by atoms with Gasteiger partial charge in [-0.05, 0) is 32.2 Å². The van der Waals surface area contributed by atoms with Crippen molar-refractivity contribution in [2.75, 3.05) is 7.05 Å². The Morgan fingerprint density at radius 1 is 1.47 bits per heavy atom.